The normalized spacial score (nSPS) is 20.8. The van der Waals surface area contributed by atoms with Crippen molar-refractivity contribution in [3.8, 4) is 0 Å². The molecule has 1 unspecified atom stereocenters. The van der Waals surface area contributed by atoms with Gasteiger partial charge in [-0.3, -0.25) is 9.69 Å². The van der Waals surface area contributed by atoms with Gasteiger partial charge in [-0.15, -0.1) is 0 Å². The highest BCUT2D eigenvalue weighted by atomic mass is 16.4. The molecule has 2 rings (SSSR count). The summed E-state index contributed by atoms with van der Waals surface area (Å²) in [5.74, 6) is -0.805. The van der Waals surface area contributed by atoms with Gasteiger partial charge in [-0.25, -0.2) is 0 Å². The molecule has 4 nitrogen and oxygen atoms in total. The van der Waals surface area contributed by atoms with Crippen LogP contribution in [0.3, 0.4) is 0 Å². The minimum Gasteiger partial charge on any atom is -0.481 e. The van der Waals surface area contributed by atoms with Crippen molar-refractivity contribution in [2.24, 2.45) is 0 Å². The summed E-state index contributed by atoms with van der Waals surface area (Å²) in [5.41, 5.74) is 1.92. The average Bonchev–Trinajstić information content (AvgIpc) is 2.31. The Balaban J connectivity index is 2.05. The van der Waals surface area contributed by atoms with Crippen LogP contribution in [0.1, 0.15) is 24.0 Å². The van der Waals surface area contributed by atoms with Gasteiger partial charge in [0, 0.05) is 13.1 Å². The van der Waals surface area contributed by atoms with Crippen molar-refractivity contribution in [3.05, 3.63) is 35.4 Å². The van der Waals surface area contributed by atoms with Crippen LogP contribution in [-0.4, -0.2) is 40.3 Å². The van der Waals surface area contributed by atoms with E-state index in [0.29, 0.717) is 6.54 Å². The molecule has 4 heteroatoms. The third-order valence-electron chi connectivity index (χ3n) is 3.33. The van der Waals surface area contributed by atoms with Gasteiger partial charge in [0.1, 0.15) is 0 Å². The molecule has 18 heavy (non-hydrogen) atoms. The number of aliphatic hydroxyl groups is 1. The van der Waals surface area contributed by atoms with E-state index in [1.54, 1.807) is 0 Å². The van der Waals surface area contributed by atoms with Crippen molar-refractivity contribution >= 4 is 5.97 Å². The Kier molecular flexibility index (Phi) is 4.33. The molecule has 0 aromatic heterocycles. The standard InChI is InChI=1S/C14H19NO3/c16-13-6-3-7-15(10-13)9-12-5-2-1-4-11(12)8-14(17)18/h1-2,4-5,13,16H,3,6-10H2,(H,17,18). The van der Waals surface area contributed by atoms with Gasteiger partial charge < -0.3 is 10.2 Å². The first kappa shape index (κ1) is 13.1. The number of nitrogens with zero attached hydrogens (tertiary/aromatic N) is 1. The second-order valence-corrected chi connectivity index (χ2v) is 4.87. The molecular weight excluding hydrogens is 230 g/mol. The average molecular weight is 249 g/mol. The van der Waals surface area contributed by atoms with E-state index < -0.39 is 5.97 Å². The minimum atomic E-state index is -0.805. The van der Waals surface area contributed by atoms with E-state index in [1.807, 2.05) is 24.3 Å². The fraction of sp³-hybridized carbons (Fsp3) is 0.500. The maximum atomic E-state index is 10.8. The summed E-state index contributed by atoms with van der Waals surface area (Å²) in [5, 5.41) is 18.5. The van der Waals surface area contributed by atoms with Crippen LogP contribution in [0.15, 0.2) is 24.3 Å². The van der Waals surface area contributed by atoms with Crippen molar-refractivity contribution < 1.29 is 15.0 Å². The van der Waals surface area contributed by atoms with Crippen molar-refractivity contribution in [1.82, 2.24) is 4.90 Å². The number of carboxylic acids is 1. The number of carbonyl (C=O) groups is 1. The molecule has 0 bridgehead atoms. The fourth-order valence-corrected chi connectivity index (χ4v) is 2.46. The minimum absolute atomic E-state index is 0.0621. The quantitative estimate of drug-likeness (QED) is 0.843. The van der Waals surface area contributed by atoms with Crippen LogP contribution in [-0.2, 0) is 17.8 Å². The Morgan fingerprint density at radius 1 is 1.33 bits per heavy atom. The molecule has 0 amide bonds. The van der Waals surface area contributed by atoms with E-state index in [1.165, 1.54) is 0 Å². The first-order valence-corrected chi connectivity index (χ1v) is 6.34. The third kappa shape index (κ3) is 3.55. The number of benzene rings is 1. The summed E-state index contributed by atoms with van der Waals surface area (Å²) < 4.78 is 0. The van der Waals surface area contributed by atoms with Gasteiger partial charge in [-0.05, 0) is 30.5 Å². The van der Waals surface area contributed by atoms with Gasteiger partial charge in [-0.1, -0.05) is 24.3 Å². The number of piperidine rings is 1. The topological polar surface area (TPSA) is 60.8 Å². The molecule has 1 aromatic carbocycles. The molecule has 1 heterocycles. The number of aliphatic carboxylic acids is 1. The van der Waals surface area contributed by atoms with Crippen LogP contribution in [0.4, 0.5) is 0 Å². The van der Waals surface area contributed by atoms with Crippen molar-refractivity contribution in [3.63, 3.8) is 0 Å². The Morgan fingerprint density at radius 2 is 2.06 bits per heavy atom. The van der Waals surface area contributed by atoms with Crippen LogP contribution in [0.5, 0.6) is 0 Å². The van der Waals surface area contributed by atoms with Crippen molar-refractivity contribution in [2.75, 3.05) is 13.1 Å². The number of β-amino-alcohol motifs (C(OH)–C–C–N with tert-alkyl or cyclic N) is 1. The van der Waals surface area contributed by atoms with Crippen LogP contribution in [0.25, 0.3) is 0 Å². The first-order valence-electron chi connectivity index (χ1n) is 6.34. The van der Waals surface area contributed by atoms with E-state index in [-0.39, 0.29) is 12.5 Å². The van der Waals surface area contributed by atoms with E-state index in [9.17, 15) is 9.90 Å². The first-order chi connectivity index (χ1) is 8.65. The number of rotatable bonds is 4. The van der Waals surface area contributed by atoms with Gasteiger partial charge in [0.2, 0.25) is 0 Å². The van der Waals surface area contributed by atoms with Crippen LogP contribution >= 0.6 is 0 Å². The molecule has 1 aliphatic heterocycles. The lowest BCUT2D eigenvalue weighted by Gasteiger charge is -2.30. The van der Waals surface area contributed by atoms with Crippen LogP contribution in [0.2, 0.25) is 0 Å². The Labute approximate surface area is 107 Å². The second kappa shape index (κ2) is 5.98. The highest BCUT2D eigenvalue weighted by Crippen LogP contribution is 2.16. The Bertz CT molecular complexity index is 419. The fourth-order valence-electron chi connectivity index (χ4n) is 2.46. The van der Waals surface area contributed by atoms with E-state index in [2.05, 4.69) is 4.90 Å². The lowest BCUT2D eigenvalue weighted by Crippen LogP contribution is -2.37. The molecule has 0 radical (unpaired) electrons. The predicted octanol–water partition coefficient (Wildman–Crippen LogP) is 1.27. The monoisotopic (exact) mass is 249 g/mol. The number of aliphatic hydroxyl groups excluding tert-OH is 1. The number of hydrogen-bond acceptors (Lipinski definition) is 3. The van der Waals surface area contributed by atoms with E-state index >= 15 is 0 Å². The molecule has 0 aliphatic carbocycles. The summed E-state index contributed by atoms with van der Waals surface area (Å²) in [6, 6.07) is 7.64. The molecule has 1 aliphatic rings. The van der Waals surface area contributed by atoms with E-state index in [4.69, 9.17) is 5.11 Å². The molecule has 0 saturated carbocycles. The number of carboxylic acid groups (broad SMARTS) is 1. The van der Waals surface area contributed by atoms with Gasteiger partial charge in [0.15, 0.2) is 0 Å². The zero-order valence-corrected chi connectivity index (χ0v) is 10.4. The zero-order valence-electron chi connectivity index (χ0n) is 10.4. The molecule has 1 atom stereocenters. The zero-order chi connectivity index (χ0) is 13.0. The van der Waals surface area contributed by atoms with Gasteiger partial charge in [0.25, 0.3) is 0 Å². The molecule has 0 spiro atoms. The van der Waals surface area contributed by atoms with Crippen LogP contribution in [0, 0.1) is 0 Å². The summed E-state index contributed by atoms with van der Waals surface area (Å²) in [4.78, 5) is 13.0. The third-order valence-corrected chi connectivity index (χ3v) is 3.33. The largest absolute Gasteiger partial charge is 0.481 e. The number of hydrogen-bond donors (Lipinski definition) is 2. The summed E-state index contributed by atoms with van der Waals surface area (Å²) >= 11 is 0. The highest BCUT2D eigenvalue weighted by Gasteiger charge is 2.18. The lowest BCUT2D eigenvalue weighted by molar-refractivity contribution is -0.136. The maximum absolute atomic E-state index is 10.8. The van der Waals surface area contributed by atoms with Gasteiger partial charge >= 0.3 is 5.97 Å². The van der Waals surface area contributed by atoms with Gasteiger partial charge in [0.05, 0.1) is 12.5 Å². The number of likely N-dealkylation sites (tertiary alicyclic amines) is 1. The summed E-state index contributed by atoms with van der Waals surface area (Å²) in [7, 11) is 0. The molecule has 1 saturated heterocycles. The molecule has 1 aromatic rings. The summed E-state index contributed by atoms with van der Waals surface area (Å²) in [6.45, 7) is 2.38. The SMILES string of the molecule is O=C(O)Cc1ccccc1CN1CCCC(O)C1. The Hall–Kier alpha value is -1.39. The van der Waals surface area contributed by atoms with E-state index in [0.717, 1.165) is 37.1 Å². The molecular formula is C14H19NO3. The maximum Gasteiger partial charge on any atom is 0.307 e. The van der Waals surface area contributed by atoms with Crippen LogP contribution < -0.4 is 0 Å². The molecule has 98 valence electrons. The predicted molar refractivity (Wildman–Crippen MR) is 68.3 cm³/mol. The smallest absolute Gasteiger partial charge is 0.307 e. The summed E-state index contributed by atoms with van der Waals surface area (Å²) in [6.07, 6.45) is 1.69. The molecule has 2 N–H and O–H groups in total. The van der Waals surface area contributed by atoms with Gasteiger partial charge in [-0.2, -0.15) is 0 Å². The van der Waals surface area contributed by atoms with Crippen molar-refractivity contribution in [1.29, 1.82) is 0 Å². The Morgan fingerprint density at radius 3 is 2.72 bits per heavy atom. The highest BCUT2D eigenvalue weighted by molar-refractivity contribution is 5.70. The molecule has 1 fully saturated rings. The lowest BCUT2D eigenvalue weighted by atomic mass is 10.0. The second-order valence-electron chi connectivity index (χ2n) is 4.87. The van der Waals surface area contributed by atoms with Crippen molar-refractivity contribution in [2.45, 2.75) is 31.9 Å².